The zero-order chi connectivity index (χ0) is 9.78. The van der Waals surface area contributed by atoms with Gasteiger partial charge in [0.1, 0.15) is 6.23 Å². The second-order valence-electron chi connectivity index (χ2n) is 2.55. The van der Waals surface area contributed by atoms with Crippen molar-refractivity contribution >= 4 is 7.82 Å². The fraction of sp³-hybridized carbons (Fsp3) is 1.00. The number of hydrogen-bond donors (Lipinski definition) is 1. The minimum Gasteiger partial charge on any atom is -0.302 e. The maximum atomic E-state index is 11.0. The van der Waals surface area contributed by atoms with E-state index in [2.05, 4.69) is 4.52 Å². The summed E-state index contributed by atoms with van der Waals surface area (Å²) in [4.78, 5) is 10.7. The predicted molar refractivity (Wildman–Crippen MR) is 45.7 cm³/mol. The summed E-state index contributed by atoms with van der Waals surface area (Å²) in [6, 6.07) is 0. The Morgan fingerprint density at radius 1 is 1.58 bits per heavy atom. The van der Waals surface area contributed by atoms with Gasteiger partial charge in [0, 0.05) is 0 Å². The summed E-state index contributed by atoms with van der Waals surface area (Å²) in [6.07, 6.45) is -0.438. The number of phosphoric ester groups is 1. The molecule has 2 unspecified atom stereocenters. The summed E-state index contributed by atoms with van der Waals surface area (Å²) in [7, 11) is -0.351. The molecule has 0 aromatic heterocycles. The third-order valence-corrected chi connectivity index (χ3v) is 2.46. The standard InChI is InChI=1S/C6H16NO4P/c1-5-10-12(8,9)11-6(2)7(3)4/h6H,5H2,1-4H3,(H,8,9). The maximum Gasteiger partial charge on any atom is 0.473 e. The molecule has 0 aliphatic carbocycles. The second-order valence-corrected chi connectivity index (χ2v) is 3.96. The van der Waals surface area contributed by atoms with Gasteiger partial charge in [-0.25, -0.2) is 4.57 Å². The molecule has 0 bridgehead atoms. The Bertz CT molecular complexity index is 173. The molecular formula is C6H16NO4P. The van der Waals surface area contributed by atoms with Gasteiger partial charge in [0.05, 0.1) is 6.61 Å². The fourth-order valence-corrected chi connectivity index (χ4v) is 1.44. The van der Waals surface area contributed by atoms with Gasteiger partial charge in [-0.15, -0.1) is 0 Å². The Balaban J connectivity index is 3.97. The fourth-order valence-electron chi connectivity index (χ4n) is 0.481. The summed E-state index contributed by atoms with van der Waals surface area (Å²) < 4.78 is 20.3. The smallest absolute Gasteiger partial charge is 0.302 e. The Kier molecular flexibility index (Phi) is 4.97. The number of hydrogen-bond acceptors (Lipinski definition) is 4. The first-order valence-electron chi connectivity index (χ1n) is 3.71. The van der Waals surface area contributed by atoms with E-state index < -0.39 is 14.1 Å². The Morgan fingerprint density at radius 2 is 2.08 bits per heavy atom. The molecule has 0 amide bonds. The van der Waals surface area contributed by atoms with Gasteiger partial charge in [-0.2, -0.15) is 0 Å². The average Bonchev–Trinajstić information content (AvgIpc) is 1.85. The number of phosphoric acid groups is 1. The van der Waals surface area contributed by atoms with E-state index in [4.69, 9.17) is 9.42 Å². The van der Waals surface area contributed by atoms with E-state index in [0.29, 0.717) is 0 Å². The van der Waals surface area contributed by atoms with Crippen molar-refractivity contribution in [1.82, 2.24) is 4.90 Å². The Labute approximate surface area is 72.9 Å². The molecule has 74 valence electrons. The lowest BCUT2D eigenvalue weighted by Gasteiger charge is -2.21. The summed E-state index contributed by atoms with van der Waals surface area (Å²) in [5.74, 6) is 0. The highest BCUT2D eigenvalue weighted by Gasteiger charge is 2.24. The SMILES string of the molecule is CCOP(=O)(O)OC(C)N(C)C. The van der Waals surface area contributed by atoms with Crippen LogP contribution in [0.25, 0.3) is 0 Å². The minimum atomic E-state index is -3.84. The van der Waals surface area contributed by atoms with Crippen molar-refractivity contribution in [2.24, 2.45) is 0 Å². The van der Waals surface area contributed by atoms with Gasteiger partial charge in [0.2, 0.25) is 0 Å². The van der Waals surface area contributed by atoms with Gasteiger partial charge >= 0.3 is 7.82 Å². The summed E-state index contributed by atoms with van der Waals surface area (Å²) in [5.41, 5.74) is 0. The molecule has 0 radical (unpaired) electrons. The molecule has 0 aliphatic rings. The maximum absolute atomic E-state index is 11.0. The van der Waals surface area contributed by atoms with Crippen molar-refractivity contribution in [3.8, 4) is 0 Å². The first kappa shape index (κ1) is 12.1. The molecule has 0 saturated carbocycles. The molecule has 1 N–H and O–H groups in total. The van der Waals surface area contributed by atoms with Crippen LogP contribution in [-0.2, 0) is 13.6 Å². The monoisotopic (exact) mass is 197 g/mol. The van der Waals surface area contributed by atoms with Crippen LogP contribution in [0.15, 0.2) is 0 Å². The molecule has 0 fully saturated rings. The van der Waals surface area contributed by atoms with Crippen LogP contribution in [0.5, 0.6) is 0 Å². The van der Waals surface area contributed by atoms with E-state index in [-0.39, 0.29) is 6.61 Å². The van der Waals surface area contributed by atoms with Crippen molar-refractivity contribution in [3.63, 3.8) is 0 Å². The molecule has 12 heavy (non-hydrogen) atoms. The minimum absolute atomic E-state index is 0.161. The van der Waals surface area contributed by atoms with Gasteiger partial charge in [-0.1, -0.05) is 0 Å². The van der Waals surface area contributed by atoms with Gasteiger partial charge in [-0.3, -0.25) is 13.9 Å². The van der Waals surface area contributed by atoms with E-state index in [1.807, 2.05) is 0 Å². The lowest BCUT2D eigenvalue weighted by atomic mass is 10.6. The highest BCUT2D eigenvalue weighted by atomic mass is 31.2. The number of rotatable bonds is 5. The largest absolute Gasteiger partial charge is 0.473 e. The molecule has 0 aliphatic heterocycles. The highest BCUT2D eigenvalue weighted by Crippen LogP contribution is 2.44. The molecule has 0 spiro atoms. The van der Waals surface area contributed by atoms with Gasteiger partial charge < -0.3 is 4.89 Å². The van der Waals surface area contributed by atoms with E-state index in [9.17, 15) is 4.57 Å². The zero-order valence-corrected chi connectivity index (χ0v) is 8.75. The van der Waals surface area contributed by atoms with Gasteiger partial charge in [-0.05, 0) is 27.9 Å². The van der Waals surface area contributed by atoms with Crippen LogP contribution in [0.4, 0.5) is 0 Å². The van der Waals surface area contributed by atoms with Gasteiger partial charge in [0.25, 0.3) is 0 Å². The predicted octanol–water partition coefficient (Wildman–Crippen LogP) is 1.05. The molecule has 0 aromatic rings. The van der Waals surface area contributed by atoms with Crippen LogP contribution in [0, 0.1) is 0 Å². The number of nitrogens with zero attached hydrogens (tertiary/aromatic N) is 1. The Morgan fingerprint density at radius 3 is 2.42 bits per heavy atom. The van der Waals surface area contributed by atoms with Crippen LogP contribution < -0.4 is 0 Å². The lowest BCUT2D eigenvalue weighted by molar-refractivity contribution is 0.0374. The van der Waals surface area contributed by atoms with Crippen LogP contribution >= 0.6 is 7.82 Å². The van der Waals surface area contributed by atoms with Crippen LogP contribution in [-0.4, -0.2) is 36.7 Å². The Hall–Kier alpha value is 0.0700. The van der Waals surface area contributed by atoms with Crippen molar-refractivity contribution < 1.29 is 18.5 Å². The van der Waals surface area contributed by atoms with E-state index in [0.717, 1.165) is 0 Å². The summed E-state index contributed by atoms with van der Waals surface area (Å²) in [5, 5.41) is 0. The molecule has 5 nitrogen and oxygen atoms in total. The van der Waals surface area contributed by atoms with E-state index in [1.165, 1.54) is 0 Å². The normalized spacial score (nSPS) is 19.2. The summed E-state index contributed by atoms with van der Waals surface area (Å²) in [6.45, 7) is 3.46. The molecule has 0 aromatic carbocycles. The van der Waals surface area contributed by atoms with Crippen molar-refractivity contribution in [2.45, 2.75) is 20.1 Å². The van der Waals surface area contributed by atoms with Crippen LogP contribution in [0.3, 0.4) is 0 Å². The van der Waals surface area contributed by atoms with Crippen LogP contribution in [0.1, 0.15) is 13.8 Å². The van der Waals surface area contributed by atoms with Crippen LogP contribution in [0.2, 0.25) is 0 Å². The van der Waals surface area contributed by atoms with Crippen molar-refractivity contribution in [1.29, 1.82) is 0 Å². The summed E-state index contributed by atoms with van der Waals surface area (Å²) >= 11 is 0. The van der Waals surface area contributed by atoms with E-state index in [1.54, 1.807) is 32.8 Å². The van der Waals surface area contributed by atoms with Crippen molar-refractivity contribution in [3.05, 3.63) is 0 Å². The topological polar surface area (TPSA) is 59.0 Å². The van der Waals surface area contributed by atoms with Gasteiger partial charge in [0.15, 0.2) is 0 Å². The highest BCUT2D eigenvalue weighted by molar-refractivity contribution is 7.47. The molecule has 0 heterocycles. The third-order valence-electron chi connectivity index (χ3n) is 1.31. The second kappa shape index (κ2) is 4.94. The third kappa shape index (κ3) is 4.85. The lowest BCUT2D eigenvalue weighted by Crippen LogP contribution is -2.26. The molecule has 0 rings (SSSR count). The molecule has 0 saturated heterocycles. The quantitative estimate of drug-likeness (QED) is 0.527. The molecule has 6 heteroatoms. The average molecular weight is 197 g/mol. The van der Waals surface area contributed by atoms with Crippen molar-refractivity contribution in [2.75, 3.05) is 20.7 Å². The molecular weight excluding hydrogens is 181 g/mol. The zero-order valence-electron chi connectivity index (χ0n) is 7.85. The molecule has 2 atom stereocenters. The first-order valence-corrected chi connectivity index (χ1v) is 5.20. The first-order chi connectivity index (χ1) is 5.39. The van der Waals surface area contributed by atoms with E-state index >= 15 is 0 Å².